The number of carbonyl (C=O) groups is 1. The number of likely N-dealkylation sites (tertiary alicyclic amines) is 2. The molecular formula is C23H29N3O. The molecule has 4 nitrogen and oxygen atoms in total. The zero-order valence-corrected chi connectivity index (χ0v) is 15.9. The third kappa shape index (κ3) is 4.40. The third-order valence-corrected chi connectivity index (χ3v) is 6.09. The monoisotopic (exact) mass is 363 g/mol. The van der Waals surface area contributed by atoms with E-state index in [1.807, 2.05) is 24.3 Å². The van der Waals surface area contributed by atoms with Crippen LogP contribution in [0.25, 0.3) is 0 Å². The number of aryl methyl sites for hydroxylation is 1. The molecule has 142 valence electrons. The van der Waals surface area contributed by atoms with Crippen molar-refractivity contribution in [3.63, 3.8) is 0 Å². The number of nitrogens with zero attached hydrogens (tertiary/aromatic N) is 2. The lowest BCUT2D eigenvalue weighted by Gasteiger charge is -2.21. The lowest BCUT2D eigenvalue weighted by atomic mass is 10.0. The normalized spacial score (nSPS) is 22.8. The summed E-state index contributed by atoms with van der Waals surface area (Å²) in [6, 6.07) is 18.5. The second-order valence-electron chi connectivity index (χ2n) is 8.08. The van der Waals surface area contributed by atoms with E-state index in [0.29, 0.717) is 5.56 Å². The fourth-order valence-electron chi connectivity index (χ4n) is 4.81. The summed E-state index contributed by atoms with van der Waals surface area (Å²) in [7, 11) is 0. The van der Waals surface area contributed by atoms with E-state index in [2.05, 4.69) is 40.1 Å². The van der Waals surface area contributed by atoms with Crippen LogP contribution < -0.4 is 5.73 Å². The number of fused-ring (bicyclic) bond motifs is 1. The fourth-order valence-corrected chi connectivity index (χ4v) is 4.81. The van der Waals surface area contributed by atoms with E-state index >= 15 is 0 Å². The molecule has 2 fully saturated rings. The topological polar surface area (TPSA) is 49.6 Å². The molecule has 0 saturated carbocycles. The second kappa shape index (κ2) is 8.24. The van der Waals surface area contributed by atoms with Gasteiger partial charge in [0.15, 0.2) is 0 Å². The first-order valence-electron chi connectivity index (χ1n) is 10.1. The average Bonchev–Trinajstić information content (AvgIpc) is 3.21. The molecule has 4 rings (SSSR count). The number of rotatable bonds is 7. The van der Waals surface area contributed by atoms with E-state index in [1.54, 1.807) is 0 Å². The van der Waals surface area contributed by atoms with Gasteiger partial charge in [-0.1, -0.05) is 48.5 Å². The summed E-state index contributed by atoms with van der Waals surface area (Å²) in [6.45, 7) is 7.07. The molecule has 2 aliphatic rings. The van der Waals surface area contributed by atoms with E-state index in [1.165, 1.54) is 31.7 Å². The van der Waals surface area contributed by atoms with Crippen LogP contribution >= 0.6 is 0 Å². The molecule has 0 aliphatic carbocycles. The van der Waals surface area contributed by atoms with Crippen LogP contribution in [0, 0.1) is 11.8 Å². The predicted molar refractivity (Wildman–Crippen MR) is 108 cm³/mol. The number of primary amides is 1. The summed E-state index contributed by atoms with van der Waals surface area (Å²) in [6.07, 6.45) is 2.00. The highest BCUT2D eigenvalue weighted by Gasteiger charge is 2.39. The molecule has 1 amide bonds. The Balaban J connectivity index is 1.22. The molecule has 2 heterocycles. The summed E-state index contributed by atoms with van der Waals surface area (Å²) in [5, 5.41) is 0. The lowest BCUT2D eigenvalue weighted by molar-refractivity contribution is 0.0999. The van der Waals surface area contributed by atoms with Crippen LogP contribution in [0.5, 0.6) is 0 Å². The number of carbonyl (C=O) groups excluding carboxylic acids is 1. The third-order valence-electron chi connectivity index (χ3n) is 6.09. The smallest absolute Gasteiger partial charge is 0.248 e. The van der Waals surface area contributed by atoms with Crippen LogP contribution in [0.3, 0.4) is 0 Å². The van der Waals surface area contributed by atoms with E-state index in [0.717, 1.165) is 43.3 Å². The molecule has 0 radical (unpaired) electrons. The van der Waals surface area contributed by atoms with Gasteiger partial charge in [-0.15, -0.1) is 0 Å². The minimum absolute atomic E-state index is 0.320. The summed E-state index contributed by atoms with van der Waals surface area (Å²) in [5.74, 6) is 1.30. The molecule has 0 aromatic heterocycles. The molecule has 2 aromatic rings. The quantitative estimate of drug-likeness (QED) is 0.823. The van der Waals surface area contributed by atoms with E-state index in [-0.39, 0.29) is 5.91 Å². The highest BCUT2D eigenvalue weighted by atomic mass is 16.1. The van der Waals surface area contributed by atoms with Gasteiger partial charge in [0, 0.05) is 38.3 Å². The molecule has 2 saturated heterocycles. The summed E-state index contributed by atoms with van der Waals surface area (Å²) in [4.78, 5) is 16.8. The number of hydrogen-bond donors (Lipinski definition) is 1. The maximum absolute atomic E-state index is 11.5. The van der Waals surface area contributed by atoms with Crippen LogP contribution in [0.4, 0.5) is 0 Å². The van der Waals surface area contributed by atoms with Crippen LogP contribution in [-0.2, 0) is 13.0 Å². The molecule has 1 unspecified atom stereocenters. The first-order chi connectivity index (χ1) is 13.2. The lowest BCUT2D eigenvalue weighted by Crippen LogP contribution is -2.29. The minimum atomic E-state index is -0.320. The van der Waals surface area contributed by atoms with Crippen molar-refractivity contribution in [2.45, 2.75) is 19.4 Å². The van der Waals surface area contributed by atoms with Gasteiger partial charge in [-0.2, -0.15) is 0 Å². The van der Waals surface area contributed by atoms with Gasteiger partial charge < -0.3 is 10.6 Å². The highest BCUT2D eigenvalue weighted by Crippen LogP contribution is 2.32. The van der Waals surface area contributed by atoms with Gasteiger partial charge in [0.05, 0.1) is 0 Å². The van der Waals surface area contributed by atoms with Crippen molar-refractivity contribution in [3.8, 4) is 0 Å². The van der Waals surface area contributed by atoms with Crippen molar-refractivity contribution >= 4 is 5.91 Å². The van der Waals surface area contributed by atoms with Gasteiger partial charge in [-0.25, -0.2) is 0 Å². The maximum atomic E-state index is 11.5. The highest BCUT2D eigenvalue weighted by molar-refractivity contribution is 5.94. The van der Waals surface area contributed by atoms with Crippen molar-refractivity contribution in [2.75, 3.05) is 32.7 Å². The van der Waals surface area contributed by atoms with Crippen molar-refractivity contribution in [1.82, 2.24) is 9.80 Å². The Kier molecular flexibility index (Phi) is 5.55. The number of hydrogen-bond acceptors (Lipinski definition) is 3. The SMILES string of the molecule is NC(=O)c1ccccc1CCCN1CC2CN(Cc3ccccc3)C[C@@H]2C1. The first kappa shape index (κ1) is 18.2. The second-order valence-corrected chi connectivity index (χ2v) is 8.08. The van der Waals surface area contributed by atoms with Crippen molar-refractivity contribution in [3.05, 3.63) is 71.3 Å². The predicted octanol–water partition coefficient (Wildman–Crippen LogP) is 2.78. The van der Waals surface area contributed by atoms with Crippen LogP contribution in [0.1, 0.15) is 27.9 Å². The molecule has 0 spiro atoms. The fraction of sp³-hybridized carbons (Fsp3) is 0.435. The molecule has 2 aromatic carbocycles. The van der Waals surface area contributed by atoms with Crippen molar-refractivity contribution in [2.24, 2.45) is 17.6 Å². The molecule has 2 N–H and O–H groups in total. The zero-order valence-electron chi connectivity index (χ0n) is 15.9. The van der Waals surface area contributed by atoms with Gasteiger partial charge in [-0.05, 0) is 48.4 Å². The number of nitrogens with two attached hydrogens (primary N) is 1. The molecule has 2 atom stereocenters. The molecular weight excluding hydrogens is 334 g/mol. The van der Waals surface area contributed by atoms with Gasteiger partial charge in [0.25, 0.3) is 0 Å². The van der Waals surface area contributed by atoms with Gasteiger partial charge in [-0.3, -0.25) is 9.69 Å². The largest absolute Gasteiger partial charge is 0.366 e. The molecule has 0 bridgehead atoms. The Hall–Kier alpha value is -2.17. The summed E-state index contributed by atoms with van der Waals surface area (Å²) < 4.78 is 0. The first-order valence-corrected chi connectivity index (χ1v) is 10.1. The van der Waals surface area contributed by atoms with Gasteiger partial charge in [0.2, 0.25) is 5.91 Å². The number of amides is 1. The molecule has 27 heavy (non-hydrogen) atoms. The minimum Gasteiger partial charge on any atom is -0.366 e. The van der Waals surface area contributed by atoms with Gasteiger partial charge >= 0.3 is 0 Å². The Morgan fingerprint density at radius 2 is 1.52 bits per heavy atom. The average molecular weight is 364 g/mol. The van der Waals surface area contributed by atoms with Crippen molar-refractivity contribution in [1.29, 1.82) is 0 Å². The Bertz CT molecular complexity index is 762. The van der Waals surface area contributed by atoms with Crippen LogP contribution in [0.15, 0.2) is 54.6 Å². The van der Waals surface area contributed by atoms with Crippen LogP contribution in [0.2, 0.25) is 0 Å². The van der Waals surface area contributed by atoms with E-state index in [9.17, 15) is 4.79 Å². The van der Waals surface area contributed by atoms with Gasteiger partial charge in [0.1, 0.15) is 0 Å². The number of benzene rings is 2. The Morgan fingerprint density at radius 1 is 0.889 bits per heavy atom. The Morgan fingerprint density at radius 3 is 2.22 bits per heavy atom. The standard InChI is InChI=1S/C23H29N3O/c24-23(27)22-11-5-4-9-19(22)10-6-12-25-14-20-16-26(17-21(20)15-25)13-18-7-2-1-3-8-18/h1-5,7-9,11,20-21H,6,10,12-17H2,(H2,24,27)/t20-,21?/m0/s1. The molecule has 2 aliphatic heterocycles. The summed E-state index contributed by atoms with van der Waals surface area (Å²) in [5.41, 5.74) is 8.66. The van der Waals surface area contributed by atoms with Crippen LogP contribution in [-0.4, -0.2) is 48.4 Å². The van der Waals surface area contributed by atoms with E-state index < -0.39 is 0 Å². The Labute approximate surface area is 162 Å². The zero-order chi connectivity index (χ0) is 18.6. The summed E-state index contributed by atoms with van der Waals surface area (Å²) >= 11 is 0. The van der Waals surface area contributed by atoms with Crippen molar-refractivity contribution < 1.29 is 4.79 Å². The maximum Gasteiger partial charge on any atom is 0.248 e. The molecule has 4 heteroatoms. The van der Waals surface area contributed by atoms with E-state index in [4.69, 9.17) is 5.73 Å².